The number of aromatic nitrogens is 5. The van der Waals surface area contributed by atoms with Crippen molar-refractivity contribution in [1.29, 1.82) is 0 Å². The molecule has 1 aliphatic rings. The first kappa shape index (κ1) is 22.7. The lowest BCUT2D eigenvalue weighted by molar-refractivity contribution is 0.0915. The van der Waals surface area contributed by atoms with Crippen LogP contribution < -0.4 is 16.1 Å². The first-order chi connectivity index (χ1) is 17.5. The monoisotopic (exact) mass is 516 g/mol. The molecule has 0 bridgehead atoms. The van der Waals surface area contributed by atoms with Gasteiger partial charge in [0.1, 0.15) is 11.4 Å². The fraction of sp³-hybridized carbons (Fsp3) is 0.154. The number of hydrogen-bond acceptors (Lipinski definition) is 7. The number of aliphatic hydroxyl groups excluding tert-OH is 1. The maximum absolute atomic E-state index is 14.0. The van der Waals surface area contributed by atoms with Crippen molar-refractivity contribution in [2.24, 2.45) is 0 Å². The van der Waals surface area contributed by atoms with E-state index >= 15 is 0 Å². The molecule has 8 nitrogen and oxygen atoms in total. The Morgan fingerprint density at radius 2 is 1.89 bits per heavy atom. The first-order valence-corrected chi connectivity index (χ1v) is 12.5. The third-order valence-corrected chi connectivity index (χ3v) is 7.43. The summed E-state index contributed by atoms with van der Waals surface area (Å²) in [6, 6.07) is 17.1. The minimum absolute atomic E-state index is 0.197. The van der Waals surface area contributed by atoms with Crippen LogP contribution in [0.3, 0.4) is 0 Å². The highest BCUT2D eigenvalue weighted by atomic mass is 35.5. The van der Waals surface area contributed by atoms with Crippen LogP contribution in [0.15, 0.2) is 71.8 Å². The predicted molar refractivity (Wildman–Crippen MR) is 140 cm³/mol. The molecule has 1 N–H and O–H groups in total. The molecule has 4 aromatic heterocycles. The smallest absolute Gasteiger partial charge is 0.283 e. The van der Waals surface area contributed by atoms with Crippen LogP contribution in [0.2, 0.25) is 5.15 Å². The average Bonchev–Trinajstić information content (AvgIpc) is 3.41. The van der Waals surface area contributed by atoms with Gasteiger partial charge in [0.2, 0.25) is 5.13 Å². The summed E-state index contributed by atoms with van der Waals surface area (Å²) in [4.78, 5) is 29.0. The quantitative estimate of drug-likeness (QED) is 0.361. The lowest BCUT2D eigenvalue weighted by Gasteiger charge is -2.30. The van der Waals surface area contributed by atoms with E-state index in [2.05, 4.69) is 9.97 Å². The van der Waals surface area contributed by atoms with Gasteiger partial charge in [-0.25, -0.2) is 9.97 Å². The Balaban J connectivity index is 1.57. The fourth-order valence-corrected chi connectivity index (χ4v) is 5.65. The van der Waals surface area contributed by atoms with Gasteiger partial charge in [-0.15, -0.1) is 0 Å². The minimum Gasteiger partial charge on any atom is -0.370 e. The van der Waals surface area contributed by atoms with Crippen molar-refractivity contribution in [3.8, 4) is 5.13 Å². The zero-order valence-corrected chi connectivity index (χ0v) is 20.8. The molecule has 5 aromatic rings. The fourth-order valence-electron chi connectivity index (χ4n) is 4.53. The molecular formula is C26H21ClN6O2S. The highest BCUT2D eigenvalue weighted by Crippen LogP contribution is 2.23. The van der Waals surface area contributed by atoms with E-state index < -0.39 is 6.23 Å². The SMILES string of the molecule is CC1=c2c(n(Cc3ccccc3)n(-c3nc4ccncc4s3)c2=O)=CC(O)N1Cc1cccc(Cl)n1. The molecule has 0 aliphatic carbocycles. The molecule has 1 aliphatic heterocycles. The van der Waals surface area contributed by atoms with Gasteiger partial charge in [-0.2, -0.15) is 4.68 Å². The number of halogens is 1. The largest absolute Gasteiger partial charge is 0.370 e. The van der Waals surface area contributed by atoms with Crippen molar-refractivity contribution < 1.29 is 5.11 Å². The summed E-state index contributed by atoms with van der Waals surface area (Å²) in [5.74, 6) is 0. The maximum atomic E-state index is 14.0. The summed E-state index contributed by atoms with van der Waals surface area (Å²) in [5.41, 5.74) is 2.96. The Morgan fingerprint density at radius 3 is 2.67 bits per heavy atom. The second kappa shape index (κ2) is 9.02. The molecular weight excluding hydrogens is 496 g/mol. The summed E-state index contributed by atoms with van der Waals surface area (Å²) in [6.07, 6.45) is 4.20. The second-order valence-corrected chi connectivity index (χ2v) is 9.90. The van der Waals surface area contributed by atoms with Crippen LogP contribution >= 0.6 is 22.9 Å². The van der Waals surface area contributed by atoms with Crippen molar-refractivity contribution >= 4 is 44.9 Å². The number of benzene rings is 1. The molecule has 36 heavy (non-hydrogen) atoms. The first-order valence-electron chi connectivity index (χ1n) is 11.3. The van der Waals surface area contributed by atoms with Crippen LogP contribution in [0.5, 0.6) is 0 Å². The molecule has 1 unspecified atom stereocenters. The Morgan fingerprint density at radius 1 is 1.06 bits per heavy atom. The number of aliphatic hydroxyl groups is 1. The number of hydrogen-bond donors (Lipinski definition) is 1. The minimum atomic E-state index is -0.949. The van der Waals surface area contributed by atoms with Crippen molar-refractivity contribution in [3.05, 3.63) is 104 Å². The maximum Gasteiger partial charge on any atom is 0.283 e. The van der Waals surface area contributed by atoms with Gasteiger partial charge in [-0.05, 0) is 36.8 Å². The summed E-state index contributed by atoms with van der Waals surface area (Å²) in [6.45, 7) is 2.59. The molecule has 0 fully saturated rings. The molecule has 0 saturated carbocycles. The van der Waals surface area contributed by atoms with Crippen LogP contribution in [0, 0.1) is 0 Å². The Kier molecular flexibility index (Phi) is 5.67. The molecule has 10 heteroatoms. The van der Waals surface area contributed by atoms with Crippen molar-refractivity contribution in [3.63, 3.8) is 0 Å². The highest BCUT2D eigenvalue weighted by molar-refractivity contribution is 7.20. The van der Waals surface area contributed by atoms with E-state index in [1.54, 1.807) is 34.1 Å². The molecule has 0 saturated heterocycles. The molecule has 1 aromatic carbocycles. The Hall–Kier alpha value is -3.79. The van der Waals surface area contributed by atoms with Crippen LogP contribution in [-0.2, 0) is 13.1 Å². The number of nitrogens with zero attached hydrogens (tertiary/aromatic N) is 6. The van der Waals surface area contributed by atoms with Gasteiger partial charge in [0, 0.05) is 18.1 Å². The standard InChI is InChI=1S/C26H21ClN6O2S/c1-16-24-20(12-23(34)31(16)15-18-8-5-9-22(27)29-18)32(14-17-6-3-2-4-7-17)33(25(24)35)26-30-19-10-11-28-13-21(19)36-26/h2-13,23,34H,14-15H2,1H3. The van der Waals surface area contributed by atoms with Crippen molar-refractivity contribution in [2.75, 3.05) is 0 Å². The summed E-state index contributed by atoms with van der Waals surface area (Å²) in [7, 11) is 0. The van der Waals surface area contributed by atoms with E-state index in [-0.39, 0.29) is 5.56 Å². The number of rotatable bonds is 5. The van der Waals surface area contributed by atoms with E-state index in [9.17, 15) is 9.90 Å². The lowest BCUT2D eigenvalue weighted by Crippen LogP contribution is -2.49. The number of fused-ring (bicyclic) bond motifs is 2. The summed E-state index contributed by atoms with van der Waals surface area (Å²) >= 11 is 7.47. The lowest BCUT2D eigenvalue weighted by atomic mass is 10.2. The van der Waals surface area contributed by atoms with Crippen LogP contribution in [-0.4, -0.2) is 40.5 Å². The van der Waals surface area contributed by atoms with E-state index in [1.165, 1.54) is 11.3 Å². The van der Waals surface area contributed by atoms with Gasteiger partial charge >= 0.3 is 0 Å². The van der Waals surface area contributed by atoms with Gasteiger partial charge in [-0.1, -0.05) is 59.3 Å². The molecule has 6 rings (SSSR count). The van der Waals surface area contributed by atoms with Gasteiger partial charge < -0.3 is 10.0 Å². The van der Waals surface area contributed by atoms with Crippen LogP contribution in [0.25, 0.3) is 27.1 Å². The number of thiazole rings is 1. The van der Waals surface area contributed by atoms with Crippen molar-refractivity contribution in [1.82, 2.24) is 29.2 Å². The van der Waals surface area contributed by atoms with Crippen LogP contribution in [0.1, 0.15) is 18.2 Å². The summed E-state index contributed by atoms with van der Waals surface area (Å²) < 4.78 is 4.39. The van der Waals surface area contributed by atoms with Crippen molar-refractivity contribution in [2.45, 2.75) is 26.2 Å². The third-order valence-electron chi connectivity index (χ3n) is 6.24. The third kappa shape index (κ3) is 3.91. The molecule has 1 atom stereocenters. The second-order valence-electron chi connectivity index (χ2n) is 8.51. The van der Waals surface area contributed by atoms with Gasteiger partial charge in [-0.3, -0.25) is 14.5 Å². The topological polar surface area (TPSA) is 89.1 Å². The Labute approximate surface area is 214 Å². The molecule has 0 amide bonds. The molecule has 5 heterocycles. The highest BCUT2D eigenvalue weighted by Gasteiger charge is 2.26. The van der Waals surface area contributed by atoms with E-state index in [1.807, 2.05) is 60.1 Å². The molecule has 0 radical (unpaired) electrons. The molecule has 180 valence electrons. The van der Waals surface area contributed by atoms with E-state index in [0.29, 0.717) is 45.3 Å². The van der Waals surface area contributed by atoms with Gasteiger partial charge in [0.25, 0.3) is 5.56 Å². The zero-order valence-electron chi connectivity index (χ0n) is 19.2. The van der Waals surface area contributed by atoms with Crippen LogP contribution in [0.4, 0.5) is 0 Å². The van der Waals surface area contributed by atoms with Gasteiger partial charge in [0.05, 0.1) is 39.6 Å². The predicted octanol–water partition coefficient (Wildman–Crippen LogP) is 2.48. The van der Waals surface area contributed by atoms with E-state index in [0.717, 1.165) is 15.8 Å². The molecule has 0 spiro atoms. The summed E-state index contributed by atoms with van der Waals surface area (Å²) in [5, 5.41) is 13.2. The van der Waals surface area contributed by atoms with E-state index in [4.69, 9.17) is 16.6 Å². The zero-order chi connectivity index (χ0) is 24.8. The normalized spacial score (nSPS) is 15.2. The average molecular weight is 517 g/mol. The number of pyridine rings is 2. The van der Waals surface area contributed by atoms with Gasteiger partial charge in [0.15, 0.2) is 0 Å². The Bertz CT molecular complexity index is 1740.